The average Bonchev–Trinajstić information content (AvgIpc) is 3.61. The molecule has 0 radical (unpaired) electrons. The zero-order valence-corrected chi connectivity index (χ0v) is 27.1. The maximum Gasteiger partial charge on any atom is 0.237 e. The van der Waals surface area contributed by atoms with Crippen LogP contribution in [0.1, 0.15) is 43.0 Å². The highest BCUT2D eigenvalue weighted by molar-refractivity contribution is 5.76. The van der Waals surface area contributed by atoms with Gasteiger partial charge in [0, 0.05) is 63.6 Å². The topological polar surface area (TPSA) is 107 Å². The van der Waals surface area contributed by atoms with Gasteiger partial charge in [-0.2, -0.15) is 4.98 Å². The lowest BCUT2D eigenvalue weighted by molar-refractivity contribution is -0.122. The number of piperazine rings is 1. The molecule has 0 aliphatic carbocycles. The normalized spacial score (nSPS) is 15.2. The molecule has 2 aromatic carbocycles. The van der Waals surface area contributed by atoms with Gasteiger partial charge in [-0.15, -0.1) is 0 Å². The first-order valence-electron chi connectivity index (χ1n) is 15.4. The molecule has 1 amide bonds. The minimum absolute atomic E-state index is 0.0529. The summed E-state index contributed by atoms with van der Waals surface area (Å²) >= 11 is 0. The zero-order valence-electron chi connectivity index (χ0n) is 27.1. The Hall–Kier alpha value is -4.71. The van der Waals surface area contributed by atoms with Crippen molar-refractivity contribution in [2.45, 2.75) is 45.2 Å². The van der Waals surface area contributed by atoms with E-state index in [1.807, 2.05) is 36.5 Å². The van der Waals surface area contributed by atoms with Crippen LogP contribution >= 0.6 is 0 Å². The van der Waals surface area contributed by atoms with Gasteiger partial charge >= 0.3 is 0 Å². The van der Waals surface area contributed by atoms with Crippen molar-refractivity contribution in [2.24, 2.45) is 0 Å². The van der Waals surface area contributed by atoms with Crippen LogP contribution in [-0.4, -0.2) is 83.9 Å². The second kappa shape index (κ2) is 15.0. The van der Waals surface area contributed by atoms with Crippen molar-refractivity contribution in [1.82, 2.24) is 29.7 Å². The standard InChI is InChI=1S/C34H42FN7O4/c1-23(2)28-19-32(39-34(38-28)42-13-12-36-22-42)41-15-14-40(20-25-7-8-29(44-3)27(35)16-25)26(21-41)18-33(43)37-11-10-24-6-9-30(45-4)31(17-24)46-5/h6-9,12-13,16-17,19,22-23,26H,10-11,14-15,18,20-21H2,1-5H3,(H,37,43). The Morgan fingerprint density at radius 3 is 2.43 bits per heavy atom. The van der Waals surface area contributed by atoms with Gasteiger partial charge < -0.3 is 24.4 Å². The van der Waals surface area contributed by atoms with Gasteiger partial charge in [0.25, 0.3) is 0 Å². The van der Waals surface area contributed by atoms with Crippen molar-refractivity contribution < 1.29 is 23.4 Å². The second-order valence-electron chi connectivity index (χ2n) is 11.6. The maximum atomic E-state index is 14.6. The van der Waals surface area contributed by atoms with Gasteiger partial charge in [0.05, 0.1) is 27.0 Å². The molecule has 1 aliphatic heterocycles. The molecule has 12 heteroatoms. The molecule has 4 aromatic rings. The van der Waals surface area contributed by atoms with Crippen molar-refractivity contribution in [2.75, 3.05) is 52.4 Å². The summed E-state index contributed by atoms with van der Waals surface area (Å²) in [5.74, 6) is 2.62. The zero-order chi connectivity index (χ0) is 32.6. The van der Waals surface area contributed by atoms with E-state index in [9.17, 15) is 9.18 Å². The molecule has 244 valence electrons. The average molecular weight is 632 g/mol. The van der Waals surface area contributed by atoms with Crippen molar-refractivity contribution in [1.29, 1.82) is 0 Å². The molecule has 1 fully saturated rings. The van der Waals surface area contributed by atoms with Crippen molar-refractivity contribution in [3.63, 3.8) is 0 Å². The largest absolute Gasteiger partial charge is 0.494 e. The molecule has 0 saturated carbocycles. The van der Waals surface area contributed by atoms with E-state index in [1.54, 1.807) is 37.4 Å². The Balaban J connectivity index is 1.32. The Morgan fingerprint density at radius 2 is 1.74 bits per heavy atom. The molecular formula is C34H42FN7O4. The number of anilines is 1. The Morgan fingerprint density at radius 1 is 0.978 bits per heavy atom. The third-order valence-corrected chi connectivity index (χ3v) is 8.18. The summed E-state index contributed by atoms with van der Waals surface area (Å²) in [6.07, 6.45) is 6.13. The van der Waals surface area contributed by atoms with Crippen LogP contribution in [0.4, 0.5) is 10.2 Å². The quantitative estimate of drug-likeness (QED) is 0.230. The summed E-state index contributed by atoms with van der Waals surface area (Å²) in [5, 5.41) is 3.09. The number of benzene rings is 2. The van der Waals surface area contributed by atoms with Crippen LogP contribution in [0.25, 0.3) is 5.95 Å². The van der Waals surface area contributed by atoms with Crippen LogP contribution in [0, 0.1) is 5.82 Å². The first-order chi connectivity index (χ1) is 22.3. The van der Waals surface area contributed by atoms with Crippen LogP contribution in [0.5, 0.6) is 17.2 Å². The van der Waals surface area contributed by atoms with Crippen LogP contribution in [-0.2, 0) is 17.8 Å². The summed E-state index contributed by atoms with van der Waals surface area (Å²) in [5.41, 5.74) is 2.77. The van der Waals surface area contributed by atoms with E-state index in [0.717, 1.165) is 22.6 Å². The molecular weight excluding hydrogens is 589 g/mol. The van der Waals surface area contributed by atoms with Gasteiger partial charge in [-0.3, -0.25) is 14.3 Å². The second-order valence-corrected chi connectivity index (χ2v) is 11.6. The van der Waals surface area contributed by atoms with Crippen molar-refractivity contribution >= 4 is 11.7 Å². The summed E-state index contributed by atoms with van der Waals surface area (Å²) in [6.45, 7) is 7.11. The van der Waals surface area contributed by atoms with Gasteiger partial charge in [0.1, 0.15) is 12.1 Å². The minimum Gasteiger partial charge on any atom is -0.494 e. The highest BCUT2D eigenvalue weighted by Crippen LogP contribution is 2.28. The fraction of sp³-hybridized carbons (Fsp3) is 0.412. The molecule has 3 heterocycles. The summed E-state index contributed by atoms with van der Waals surface area (Å²) < 4.78 is 32.2. The number of ether oxygens (including phenoxy) is 3. The van der Waals surface area contributed by atoms with Crippen LogP contribution in [0.3, 0.4) is 0 Å². The van der Waals surface area contributed by atoms with E-state index < -0.39 is 5.82 Å². The number of aromatic nitrogens is 4. The molecule has 46 heavy (non-hydrogen) atoms. The molecule has 11 nitrogen and oxygen atoms in total. The van der Waals surface area contributed by atoms with E-state index in [0.29, 0.717) is 56.6 Å². The predicted molar refractivity (Wildman–Crippen MR) is 173 cm³/mol. The highest BCUT2D eigenvalue weighted by Gasteiger charge is 2.30. The molecule has 5 rings (SSSR count). The fourth-order valence-corrected chi connectivity index (χ4v) is 5.60. The van der Waals surface area contributed by atoms with Crippen LogP contribution < -0.4 is 24.4 Å². The number of nitrogens with zero attached hydrogens (tertiary/aromatic N) is 6. The lowest BCUT2D eigenvalue weighted by Crippen LogP contribution is -2.54. The Kier molecular flexibility index (Phi) is 10.7. The van der Waals surface area contributed by atoms with E-state index >= 15 is 0 Å². The Labute approximate surface area is 269 Å². The van der Waals surface area contributed by atoms with Crippen molar-refractivity contribution in [3.8, 4) is 23.2 Å². The number of hydrogen-bond acceptors (Lipinski definition) is 9. The third kappa shape index (κ3) is 7.92. The van der Waals surface area contributed by atoms with E-state index in [4.69, 9.17) is 24.2 Å². The lowest BCUT2D eigenvalue weighted by Gasteiger charge is -2.42. The molecule has 0 bridgehead atoms. The number of carbonyl (C=O) groups is 1. The summed E-state index contributed by atoms with van der Waals surface area (Å²) in [7, 11) is 4.66. The Bertz CT molecular complexity index is 1620. The molecule has 1 saturated heterocycles. The van der Waals surface area contributed by atoms with Crippen molar-refractivity contribution in [3.05, 3.63) is 83.8 Å². The molecule has 2 aromatic heterocycles. The first kappa shape index (κ1) is 32.7. The maximum absolute atomic E-state index is 14.6. The molecule has 0 spiro atoms. The van der Waals surface area contributed by atoms with E-state index in [1.165, 1.54) is 13.2 Å². The summed E-state index contributed by atoms with van der Waals surface area (Å²) in [4.78, 5) is 31.6. The van der Waals surface area contributed by atoms with Gasteiger partial charge in [-0.25, -0.2) is 14.4 Å². The van der Waals surface area contributed by atoms with E-state index in [-0.39, 0.29) is 30.0 Å². The number of carbonyl (C=O) groups excluding carboxylic acids is 1. The smallest absolute Gasteiger partial charge is 0.237 e. The summed E-state index contributed by atoms with van der Waals surface area (Å²) in [6, 6.07) is 12.6. The number of hydrogen-bond donors (Lipinski definition) is 1. The van der Waals surface area contributed by atoms with Crippen LogP contribution in [0.15, 0.2) is 61.2 Å². The lowest BCUT2D eigenvalue weighted by atomic mass is 10.0. The number of rotatable bonds is 13. The fourth-order valence-electron chi connectivity index (χ4n) is 5.60. The number of amides is 1. The number of halogens is 1. The van der Waals surface area contributed by atoms with Gasteiger partial charge in [0.15, 0.2) is 23.1 Å². The number of imidazole rings is 1. The monoisotopic (exact) mass is 631 g/mol. The van der Waals surface area contributed by atoms with E-state index in [2.05, 4.69) is 33.9 Å². The van der Waals surface area contributed by atoms with Gasteiger partial charge in [-0.05, 0) is 47.7 Å². The highest BCUT2D eigenvalue weighted by atomic mass is 19.1. The minimum atomic E-state index is -0.405. The van der Waals surface area contributed by atoms with Crippen LogP contribution in [0.2, 0.25) is 0 Å². The molecule has 1 aliphatic rings. The van der Waals surface area contributed by atoms with Gasteiger partial charge in [-0.1, -0.05) is 26.0 Å². The first-order valence-corrected chi connectivity index (χ1v) is 15.4. The molecule has 1 unspecified atom stereocenters. The predicted octanol–water partition coefficient (Wildman–Crippen LogP) is 4.39. The number of nitrogens with one attached hydrogen (secondary N) is 1. The number of methoxy groups -OCH3 is 3. The molecule has 1 atom stereocenters. The molecule has 1 N–H and O–H groups in total. The SMILES string of the molecule is COc1ccc(CN2CCN(c3cc(C(C)C)nc(-n4ccnc4)n3)CC2CC(=O)NCCc2ccc(OC)c(OC)c2)cc1F. The van der Waals surface area contributed by atoms with Gasteiger partial charge in [0.2, 0.25) is 11.9 Å². The third-order valence-electron chi connectivity index (χ3n) is 8.18.